The van der Waals surface area contributed by atoms with E-state index in [2.05, 4.69) is 4.72 Å². The fourth-order valence-corrected chi connectivity index (χ4v) is 4.35. The number of sulfonamides is 1. The van der Waals surface area contributed by atoms with Crippen LogP contribution in [0.15, 0.2) is 47.4 Å². The molecular formula is C20H24N2O3S. The van der Waals surface area contributed by atoms with Crippen molar-refractivity contribution in [3.63, 3.8) is 0 Å². The summed E-state index contributed by atoms with van der Waals surface area (Å²) in [7, 11) is -3.76. The van der Waals surface area contributed by atoms with E-state index < -0.39 is 10.0 Å². The average Bonchev–Trinajstić information content (AvgIpc) is 3.16. The first kappa shape index (κ1) is 18.5. The number of carbonyl (C=O) groups excluding carboxylic acids is 1. The normalized spacial score (nSPS) is 14.5. The lowest BCUT2D eigenvalue weighted by Crippen LogP contribution is -2.28. The van der Waals surface area contributed by atoms with Gasteiger partial charge in [-0.1, -0.05) is 31.2 Å². The Balaban J connectivity index is 1.93. The molecule has 138 valence electrons. The summed E-state index contributed by atoms with van der Waals surface area (Å²) in [5.74, 6) is -0.0917. The average molecular weight is 372 g/mol. The summed E-state index contributed by atoms with van der Waals surface area (Å²) in [5, 5.41) is 0. The van der Waals surface area contributed by atoms with Gasteiger partial charge in [0.15, 0.2) is 0 Å². The molecule has 1 fully saturated rings. The van der Waals surface area contributed by atoms with Gasteiger partial charge in [0.2, 0.25) is 0 Å². The molecule has 1 heterocycles. The molecule has 26 heavy (non-hydrogen) atoms. The number of hydrogen-bond acceptors (Lipinski definition) is 3. The summed E-state index contributed by atoms with van der Waals surface area (Å²) < 4.78 is 28.3. The lowest BCUT2D eigenvalue weighted by molar-refractivity contribution is 0.0792. The highest BCUT2D eigenvalue weighted by molar-refractivity contribution is 7.92. The Morgan fingerprint density at radius 2 is 1.81 bits per heavy atom. The van der Waals surface area contributed by atoms with E-state index >= 15 is 0 Å². The third kappa shape index (κ3) is 3.75. The summed E-state index contributed by atoms with van der Waals surface area (Å²) in [5.41, 5.74) is 2.74. The molecule has 0 aromatic heterocycles. The van der Waals surface area contributed by atoms with Gasteiger partial charge in [-0.25, -0.2) is 8.42 Å². The molecule has 1 saturated heterocycles. The highest BCUT2D eigenvalue weighted by atomic mass is 32.2. The van der Waals surface area contributed by atoms with Gasteiger partial charge in [-0.3, -0.25) is 9.52 Å². The molecule has 0 bridgehead atoms. The Kier molecular flexibility index (Phi) is 5.32. The number of likely N-dealkylation sites (tertiary alicyclic amines) is 1. The van der Waals surface area contributed by atoms with Gasteiger partial charge in [-0.2, -0.15) is 0 Å². The second-order valence-electron chi connectivity index (χ2n) is 6.59. The Hall–Kier alpha value is -2.34. The maximum absolute atomic E-state index is 12.8. The Labute approximate surface area is 155 Å². The molecular weight excluding hydrogens is 348 g/mol. The molecule has 0 radical (unpaired) electrons. The predicted octanol–water partition coefficient (Wildman–Crippen LogP) is 3.59. The van der Waals surface area contributed by atoms with E-state index in [0.717, 1.165) is 43.5 Å². The number of hydrogen-bond donors (Lipinski definition) is 1. The van der Waals surface area contributed by atoms with Crippen molar-refractivity contribution in [1.29, 1.82) is 0 Å². The van der Waals surface area contributed by atoms with E-state index in [9.17, 15) is 13.2 Å². The zero-order valence-corrected chi connectivity index (χ0v) is 16.0. The zero-order chi connectivity index (χ0) is 18.7. The largest absolute Gasteiger partial charge is 0.339 e. The van der Waals surface area contributed by atoms with Gasteiger partial charge in [-0.15, -0.1) is 0 Å². The van der Waals surface area contributed by atoms with Crippen molar-refractivity contribution in [1.82, 2.24) is 4.90 Å². The first-order chi connectivity index (χ1) is 12.4. The van der Waals surface area contributed by atoms with E-state index in [1.54, 1.807) is 29.2 Å². The topological polar surface area (TPSA) is 66.5 Å². The molecule has 0 spiro atoms. The van der Waals surface area contributed by atoms with Gasteiger partial charge in [0, 0.05) is 18.7 Å². The van der Waals surface area contributed by atoms with E-state index in [-0.39, 0.29) is 10.8 Å². The molecule has 1 aliphatic rings. The third-order valence-corrected chi connectivity index (χ3v) is 6.15. The molecule has 0 aliphatic carbocycles. The predicted molar refractivity (Wildman–Crippen MR) is 103 cm³/mol. The van der Waals surface area contributed by atoms with Crippen LogP contribution in [0.4, 0.5) is 5.69 Å². The van der Waals surface area contributed by atoms with Crippen LogP contribution in [0, 0.1) is 6.92 Å². The number of benzene rings is 2. The van der Waals surface area contributed by atoms with Gasteiger partial charge in [0.25, 0.3) is 15.9 Å². The highest BCUT2D eigenvalue weighted by Crippen LogP contribution is 2.23. The Bertz CT molecular complexity index is 916. The lowest BCUT2D eigenvalue weighted by atomic mass is 10.1. The lowest BCUT2D eigenvalue weighted by Gasteiger charge is -2.18. The van der Waals surface area contributed by atoms with Crippen LogP contribution in [0.5, 0.6) is 0 Å². The fourth-order valence-electron chi connectivity index (χ4n) is 3.22. The maximum Gasteiger partial charge on any atom is 0.261 e. The fraction of sp³-hybridized carbons (Fsp3) is 0.350. The SMILES string of the molecule is CCc1ccccc1NS(=O)(=O)c1ccc(C)c(C(=O)N2CCCC2)c1. The van der Waals surface area contributed by atoms with Crippen LogP contribution < -0.4 is 4.72 Å². The molecule has 1 N–H and O–H groups in total. The van der Waals surface area contributed by atoms with Crippen LogP contribution in [-0.4, -0.2) is 32.3 Å². The number of amides is 1. The number of nitrogens with zero attached hydrogens (tertiary/aromatic N) is 1. The molecule has 0 unspecified atom stereocenters. The van der Waals surface area contributed by atoms with E-state index in [1.807, 2.05) is 26.0 Å². The van der Waals surface area contributed by atoms with Crippen molar-refractivity contribution >= 4 is 21.6 Å². The zero-order valence-electron chi connectivity index (χ0n) is 15.2. The second kappa shape index (κ2) is 7.50. The van der Waals surface area contributed by atoms with Crippen LogP contribution in [-0.2, 0) is 16.4 Å². The standard InChI is InChI=1S/C20H24N2O3S/c1-3-16-8-4-5-9-19(16)21-26(24,25)17-11-10-15(2)18(14-17)20(23)22-12-6-7-13-22/h4-5,8-11,14,21H,3,6-7,12-13H2,1-2H3. The van der Waals surface area contributed by atoms with Crippen LogP contribution in [0.1, 0.15) is 41.3 Å². The van der Waals surface area contributed by atoms with Crippen molar-refractivity contribution in [3.05, 3.63) is 59.2 Å². The first-order valence-corrected chi connectivity index (χ1v) is 10.4. The van der Waals surface area contributed by atoms with Gasteiger partial charge >= 0.3 is 0 Å². The van der Waals surface area contributed by atoms with Crippen molar-refractivity contribution in [2.75, 3.05) is 17.8 Å². The van der Waals surface area contributed by atoms with E-state index in [4.69, 9.17) is 0 Å². The van der Waals surface area contributed by atoms with Crippen LogP contribution >= 0.6 is 0 Å². The third-order valence-electron chi connectivity index (χ3n) is 4.79. The molecule has 5 nitrogen and oxygen atoms in total. The summed E-state index contributed by atoms with van der Waals surface area (Å²) in [6.07, 6.45) is 2.72. The van der Waals surface area contributed by atoms with Crippen LogP contribution in [0.2, 0.25) is 0 Å². The molecule has 2 aromatic rings. The van der Waals surface area contributed by atoms with Gasteiger partial charge < -0.3 is 4.90 Å². The van der Waals surface area contributed by atoms with Crippen molar-refractivity contribution in [3.8, 4) is 0 Å². The smallest absolute Gasteiger partial charge is 0.261 e. The molecule has 2 aromatic carbocycles. The van der Waals surface area contributed by atoms with Crippen molar-refractivity contribution in [2.45, 2.75) is 38.0 Å². The summed E-state index contributed by atoms with van der Waals surface area (Å²) in [6.45, 7) is 5.28. The molecule has 0 atom stereocenters. The summed E-state index contributed by atoms with van der Waals surface area (Å²) in [6, 6.07) is 12.1. The number of para-hydroxylation sites is 1. The Morgan fingerprint density at radius 3 is 2.50 bits per heavy atom. The minimum absolute atomic E-state index is 0.0917. The van der Waals surface area contributed by atoms with Gasteiger partial charge in [0.1, 0.15) is 0 Å². The molecule has 1 amide bonds. The van der Waals surface area contributed by atoms with Crippen molar-refractivity contribution in [2.24, 2.45) is 0 Å². The number of rotatable bonds is 5. The quantitative estimate of drug-likeness (QED) is 0.872. The molecule has 0 saturated carbocycles. The number of aryl methyl sites for hydroxylation is 2. The minimum Gasteiger partial charge on any atom is -0.339 e. The van der Waals surface area contributed by atoms with E-state index in [1.165, 1.54) is 6.07 Å². The summed E-state index contributed by atoms with van der Waals surface area (Å²) >= 11 is 0. The number of anilines is 1. The van der Waals surface area contributed by atoms with E-state index in [0.29, 0.717) is 11.3 Å². The maximum atomic E-state index is 12.8. The second-order valence-corrected chi connectivity index (χ2v) is 8.27. The molecule has 6 heteroatoms. The Morgan fingerprint density at radius 1 is 1.12 bits per heavy atom. The minimum atomic E-state index is -3.76. The van der Waals surface area contributed by atoms with Crippen LogP contribution in [0.3, 0.4) is 0 Å². The summed E-state index contributed by atoms with van der Waals surface area (Å²) in [4.78, 5) is 14.6. The highest BCUT2D eigenvalue weighted by Gasteiger charge is 2.23. The number of carbonyl (C=O) groups is 1. The van der Waals surface area contributed by atoms with Gasteiger partial charge in [0.05, 0.1) is 10.6 Å². The van der Waals surface area contributed by atoms with Gasteiger partial charge in [-0.05, 0) is 55.5 Å². The molecule has 1 aliphatic heterocycles. The van der Waals surface area contributed by atoms with Crippen molar-refractivity contribution < 1.29 is 13.2 Å². The first-order valence-electron chi connectivity index (χ1n) is 8.93. The monoisotopic (exact) mass is 372 g/mol. The molecule has 3 rings (SSSR count). The van der Waals surface area contributed by atoms with Crippen LogP contribution in [0.25, 0.3) is 0 Å². The number of nitrogens with one attached hydrogen (secondary N) is 1.